The van der Waals surface area contributed by atoms with Crippen molar-refractivity contribution in [3.8, 4) is 0 Å². The molecule has 94 valence electrons. The van der Waals surface area contributed by atoms with Gasteiger partial charge >= 0.3 is 0 Å². The van der Waals surface area contributed by atoms with E-state index in [2.05, 4.69) is 10.3 Å². The van der Waals surface area contributed by atoms with Crippen molar-refractivity contribution in [1.29, 1.82) is 0 Å². The number of aldehydes is 1. The number of benzene rings is 1. The predicted molar refractivity (Wildman–Crippen MR) is 76.2 cm³/mol. The maximum atomic E-state index is 10.6. The molecule has 0 saturated heterocycles. The van der Waals surface area contributed by atoms with E-state index in [1.165, 1.54) is 11.3 Å². The lowest BCUT2D eigenvalue weighted by molar-refractivity contribution is 0.112. The lowest BCUT2D eigenvalue weighted by Gasteiger charge is -2.03. The van der Waals surface area contributed by atoms with Crippen molar-refractivity contribution in [1.82, 2.24) is 4.98 Å². The Kier molecular flexibility index (Phi) is 4.58. The standard InChI is InChI=1S/C12H10Cl2N2OS/c13-9-3-1-2-8(6-9)4-5-15-12-16-11(14)10(7-17)18-12/h1-3,6-7H,4-5H2,(H,15,16). The van der Waals surface area contributed by atoms with Crippen molar-refractivity contribution in [2.24, 2.45) is 0 Å². The van der Waals surface area contributed by atoms with Gasteiger partial charge in [0.15, 0.2) is 16.6 Å². The van der Waals surface area contributed by atoms with Crippen LogP contribution in [0.1, 0.15) is 15.2 Å². The summed E-state index contributed by atoms with van der Waals surface area (Å²) < 4.78 is 0. The fourth-order valence-corrected chi connectivity index (χ4v) is 2.67. The molecular weight excluding hydrogens is 291 g/mol. The van der Waals surface area contributed by atoms with Crippen LogP contribution >= 0.6 is 34.5 Å². The number of carbonyl (C=O) groups is 1. The quantitative estimate of drug-likeness (QED) is 0.851. The highest BCUT2D eigenvalue weighted by Crippen LogP contribution is 2.25. The maximum Gasteiger partial charge on any atom is 0.184 e. The predicted octanol–water partition coefficient (Wildman–Crippen LogP) is 3.92. The maximum absolute atomic E-state index is 10.6. The number of hydrogen-bond donors (Lipinski definition) is 1. The highest BCUT2D eigenvalue weighted by Gasteiger charge is 2.07. The van der Waals surface area contributed by atoms with E-state index < -0.39 is 0 Å². The molecule has 1 aromatic carbocycles. The summed E-state index contributed by atoms with van der Waals surface area (Å²) in [6, 6.07) is 7.70. The first-order valence-corrected chi connectivity index (χ1v) is 6.86. The SMILES string of the molecule is O=Cc1sc(NCCc2cccc(Cl)c2)nc1Cl. The van der Waals surface area contributed by atoms with Crippen LogP contribution in [-0.4, -0.2) is 17.8 Å². The van der Waals surface area contributed by atoms with Crippen LogP contribution in [-0.2, 0) is 6.42 Å². The number of aromatic nitrogens is 1. The molecule has 0 radical (unpaired) electrons. The van der Waals surface area contributed by atoms with Crippen molar-refractivity contribution in [2.75, 3.05) is 11.9 Å². The summed E-state index contributed by atoms with van der Waals surface area (Å²) in [6.45, 7) is 0.711. The third-order valence-corrected chi connectivity index (χ3v) is 3.87. The van der Waals surface area contributed by atoms with Crippen LogP contribution in [0.5, 0.6) is 0 Å². The Bertz CT molecular complexity index is 557. The summed E-state index contributed by atoms with van der Waals surface area (Å²) in [7, 11) is 0. The number of nitrogens with zero attached hydrogens (tertiary/aromatic N) is 1. The molecule has 0 unspecified atom stereocenters. The Morgan fingerprint density at radius 2 is 2.22 bits per heavy atom. The largest absolute Gasteiger partial charge is 0.361 e. The van der Waals surface area contributed by atoms with Gasteiger partial charge in [-0.25, -0.2) is 4.98 Å². The van der Waals surface area contributed by atoms with Crippen LogP contribution in [0, 0.1) is 0 Å². The number of thiazole rings is 1. The summed E-state index contributed by atoms with van der Waals surface area (Å²) in [4.78, 5) is 15.1. The molecule has 0 atom stereocenters. The summed E-state index contributed by atoms with van der Waals surface area (Å²) in [5, 5.41) is 4.77. The summed E-state index contributed by atoms with van der Waals surface area (Å²) in [6.07, 6.45) is 1.54. The molecule has 0 spiro atoms. The smallest absolute Gasteiger partial charge is 0.184 e. The third kappa shape index (κ3) is 3.45. The topological polar surface area (TPSA) is 42.0 Å². The van der Waals surface area contributed by atoms with Gasteiger partial charge in [0.05, 0.1) is 0 Å². The van der Waals surface area contributed by atoms with Crippen LogP contribution in [0.4, 0.5) is 5.13 Å². The van der Waals surface area contributed by atoms with Crippen LogP contribution in [0.3, 0.4) is 0 Å². The number of halogens is 2. The average molecular weight is 301 g/mol. The number of nitrogens with one attached hydrogen (secondary N) is 1. The first kappa shape index (κ1) is 13.3. The Labute approximate surface area is 119 Å². The van der Waals surface area contributed by atoms with Gasteiger partial charge < -0.3 is 5.32 Å². The zero-order chi connectivity index (χ0) is 13.0. The second kappa shape index (κ2) is 6.18. The van der Waals surface area contributed by atoms with E-state index in [-0.39, 0.29) is 5.15 Å². The van der Waals surface area contributed by atoms with Crippen molar-refractivity contribution >= 4 is 46.0 Å². The second-order valence-corrected chi connectivity index (χ2v) is 5.42. The first-order valence-electron chi connectivity index (χ1n) is 5.29. The molecule has 0 amide bonds. The molecule has 0 fully saturated rings. The fourth-order valence-electron chi connectivity index (χ4n) is 1.47. The van der Waals surface area contributed by atoms with E-state index in [0.29, 0.717) is 22.8 Å². The summed E-state index contributed by atoms with van der Waals surface area (Å²) in [5.41, 5.74) is 1.15. The Morgan fingerprint density at radius 3 is 2.89 bits per heavy atom. The molecule has 6 heteroatoms. The zero-order valence-electron chi connectivity index (χ0n) is 9.32. The van der Waals surface area contributed by atoms with Gasteiger partial charge in [0.2, 0.25) is 0 Å². The molecule has 2 rings (SSSR count). The van der Waals surface area contributed by atoms with Gasteiger partial charge in [0.25, 0.3) is 0 Å². The van der Waals surface area contributed by atoms with E-state index >= 15 is 0 Å². The molecule has 1 heterocycles. The Hall–Kier alpha value is -1.10. The molecule has 18 heavy (non-hydrogen) atoms. The van der Waals surface area contributed by atoms with Gasteiger partial charge in [0.1, 0.15) is 4.88 Å². The van der Waals surface area contributed by atoms with Gasteiger partial charge in [-0.3, -0.25) is 4.79 Å². The van der Waals surface area contributed by atoms with Crippen molar-refractivity contribution < 1.29 is 4.79 Å². The second-order valence-electron chi connectivity index (χ2n) is 3.60. The monoisotopic (exact) mass is 300 g/mol. The molecule has 2 aromatic rings. The number of hydrogen-bond acceptors (Lipinski definition) is 4. The Morgan fingerprint density at radius 1 is 1.39 bits per heavy atom. The van der Waals surface area contributed by atoms with Gasteiger partial charge in [-0.15, -0.1) is 0 Å². The minimum atomic E-state index is 0.250. The van der Waals surface area contributed by atoms with Crippen LogP contribution in [0.25, 0.3) is 0 Å². The summed E-state index contributed by atoms with van der Waals surface area (Å²) >= 11 is 12.9. The lowest BCUT2D eigenvalue weighted by atomic mass is 10.1. The molecular formula is C12H10Cl2N2OS. The van der Waals surface area contributed by atoms with E-state index in [0.717, 1.165) is 17.0 Å². The van der Waals surface area contributed by atoms with Crippen LogP contribution in [0.2, 0.25) is 10.2 Å². The van der Waals surface area contributed by atoms with Crippen LogP contribution < -0.4 is 5.32 Å². The molecule has 0 aliphatic rings. The molecule has 1 aromatic heterocycles. The Balaban J connectivity index is 1.90. The molecule has 0 aliphatic carbocycles. The van der Waals surface area contributed by atoms with Gasteiger partial charge in [-0.1, -0.05) is 46.7 Å². The minimum absolute atomic E-state index is 0.250. The minimum Gasteiger partial charge on any atom is -0.361 e. The van der Waals surface area contributed by atoms with E-state index in [9.17, 15) is 4.79 Å². The van der Waals surface area contributed by atoms with Crippen molar-refractivity contribution in [3.63, 3.8) is 0 Å². The van der Waals surface area contributed by atoms with Gasteiger partial charge in [-0.05, 0) is 24.1 Å². The van der Waals surface area contributed by atoms with E-state index in [1.54, 1.807) is 0 Å². The van der Waals surface area contributed by atoms with Crippen molar-refractivity contribution in [3.05, 3.63) is 44.9 Å². The molecule has 0 aliphatic heterocycles. The molecule has 3 nitrogen and oxygen atoms in total. The third-order valence-electron chi connectivity index (χ3n) is 2.30. The van der Waals surface area contributed by atoms with E-state index in [1.807, 2.05) is 24.3 Å². The lowest BCUT2D eigenvalue weighted by Crippen LogP contribution is -2.04. The van der Waals surface area contributed by atoms with Gasteiger partial charge in [0, 0.05) is 11.6 Å². The highest BCUT2D eigenvalue weighted by molar-refractivity contribution is 7.17. The summed E-state index contributed by atoms with van der Waals surface area (Å²) in [5.74, 6) is 0. The number of carbonyl (C=O) groups excluding carboxylic acids is 1. The van der Waals surface area contributed by atoms with Crippen molar-refractivity contribution in [2.45, 2.75) is 6.42 Å². The van der Waals surface area contributed by atoms with Gasteiger partial charge in [-0.2, -0.15) is 0 Å². The molecule has 0 bridgehead atoms. The normalized spacial score (nSPS) is 10.3. The molecule has 1 N–H and O–H groups in total. The number of anilines is 1. The van der Waals surface area contributed by atoms with Crippen LogP contribution in [0.15, 0.2) is 24.3 Å². The average Bonchev–Trinajstić information content (AvgIpc) is 2.70. The fraction of sp³-hybridized carbons (Fsp3) is 0.167. The molecule has 0 saturated carbocycles. The van der Waals surface area contributed by atoms with E-state index in [4.69, 9.17) is 23.2 Å². The number of rotatable bonds is 5. The highest BCUT2D eigenvalue weighted by atomic mass is 35.5. The zero-order valence-corrected chi connectivity index (χ0v) is 11.6. The first-order chi connectivity index (χ1) is 8.69.